The fourth-order valence-electron chi connectivity index (χ4n) is 5.26. The number of fused-ring (bicyclic) bond motifs is 3. The summed E-state index contributed by atoms with van der Waals surface area (Å²) in [5.74, 6) is 0.236. The molecule has 0 radical (unpaired) electrons. The number of benzene rings is 4. The van der Waals surface area contributed by atoms with Crippen LogP contribution in [0.2, 0.25) is 0 Å². The molecule has 1 aliphatic rings. The average Bonchev–Trinajstić information content (AvgIpc) is 2.93. The maximum atomic E-state index is 14.7. The Balaban J connectivity index is 1.37. The van der Waals surface area contributed by atoms with Crippen LogP contribution in [0, 0.1) is 0 Å². The van der Waals surface area contributed by atoms with Gasteiger partial charge in [-0.3, -0.25) is 4.98 Å². The summed E-state index contributed by atoms with van der Waals surface area (Å²) >= 11 is 0. The third-order valence-electron chi connectivity index (χ3n) is 7.07. The lowest BCUT2D eigenvalue weighted by molar-refractivity contribution is 0.568. The largest absolute Gasteiger partial charge is 0.313 e. The Bertz CT molecular complexity index is 1500. The molecule has 0 saturated heterocycles. The van der Waals surface area contributed by atoms with Crippen molar-refractivity contribution < 1.29 is 4.57 Å². The number of nitrogens with zero attached hydrogens (tertiary/aromatic N) is 1. The summed E-state index contributed by atoms with van der Waals surface area (Å²) in [6, 6.07) is 37.1. The number of rotatable bonds is 4. The molecule has 0 bridgehead atoms. The Morgan fingerprint density at radius 2 is 1.24 bits per heavy atom. The van der Waals surface area contributed by atoms with Gasteiger partial charge in [-0.1, -0.05) is 115 Å². The molecule has 3 heteroatoms. The zero-order chi connectivity index (χ0) is 23.0. The van der Waals surface area contributed by atoms with E-state index in [-0.39, 0.29) is 11.6 Å². The van der Waals surface area contributed by atoms with Crippen molar-refractivity contribution in [1.29, 1.82) is 0 Å². The molecule has 2 nitrogen and oxygen atoms in total. The van der Waals surface area contributed by atoms with Gasteiger partial charge in [-0.2, -0.15) is 0 Å². The normalized spacial score (nSPS) is 18.4. The van der Waals surface area contributed by atoms with Gasteiger partial charge < -0.3 is 4.57 Å². The maximum Gasteiger partial charge on any atom is 0.149 e. The van der Waals surface area contributed by atoms with E-state index in [1.54, 1.807) is 0 Å². The van der Waals surface area contributed by atoms with Crippen LogP contribution in [0.1, 0.15) is 24.5 Å². The molecule has 1 heterocycles. The lowest BCUT2D eigenvalue weighted by atomic mass is 9.92. The number of allylic oxidation sites excluding steroid dienone is 2. The topological polar surface area (TPSA) is 30.0 Å². The minimum Gasteiger partial charge on any atom is -0.313 e. The minimum atomic E-state index is -2.80. The van der Waals surface area contributed by atoms with Gasteiger partial charge in [-0.25, -0.2) is 0 Å². The molecule has 1 aromatic heterocycles. The molecule has 2 atom stereocenters. The Morgan fingerprint density at radius 3 is 1.91 bits per heavy atom. The minimum absolute atomic E-state index is 0.00478. The van der Waals surface area contributed by atoms with Gasteiger partial charge in [-0.15, -0.1) is 0 Å². The summed E-state index contributed by atoms with van der Waals surface area (Å²) in [6.07, 6.45) is 6.25. The molecular formula is C31H26NOP. The number of aromatic nitrogens is 1. The van der Waals surface area contributed by atoms with E-state index in [1.165, 1.54) is 10.8 Å². The van der Waals surface area contributed by atoms with E-state index in [1.807, 2.05) is 60.7 Å². The van der Waals surface area contributed by atoms with Crippen molar-refractivity contribution in [3.63, 3.8) is 0 Å². The van der Waals surface area contributed by atoms with Crippen molar-refractivity contribution in [1.82, 2.24) is 4.98 Å². The molecule has 0 amide bonds. The zero-order valence-electron chi connectivity index (χ0n) is 18.9. The van der Waals surface area contributed by atoms with Crippen molar-refractivity contribution >= 4 is 39.4 Å². The zero-order valence-corrected chi connectivity index (χ0v) is 19.8. The smallest absolute Gasteiger partial charge is 0.149 e. The van der Waals surface area contributed by atoms with Crippen molar-refractivity contribution in [3.05, 3.63) is 127 Å². The SMILES string of the molecule is O=P(c1ccccc1)(c1ccccc1)C1C=CC(c2ccc3ccc4ccccc4c3n2)CC1. The van der Waals surface area contributed by atoms with E-state index < -0.39 is 7.14 Å². The highest BCUT2D eigenvalue weighted by atomic mass is 31.2. The summed E-state index contributed by atoms with van der Waals surface area (Å²) in [7, 11) is -2.80. The predicted octanol–water partition coefficient (Wildman–Crippen LogP) is 7.20. The average molecular weight is 460 g/mol. The molecule has 2 unspecified atom stereocenters. The monoisotopic (exact) mass is 459 g/mol. The highest BCUT2D eigenvalue weighted by Crippen LogP contribution is 2.53. The second-order valence-electron chi connectivity index (χ2n) is 9.06. The van der Waals surface area contributed by atoms with Gasteiger partial charge in [0.2, 0.25) is 0 Å². The van der Waals surface area contributed by atoms with Crippen LogP contribution in [0.25, 0.3) is 21.7 Å². The van der Waals surface area contributed by atoms with E-state index >= 15 is 0 Å². The summed E-state index contributed by atoms with van der Waals surface area (Å²) in [5, 5.41) is 5.44. The molecule has 0 saturated carbocycles. The first kappa shape index (κ1) is 21.1. The van der Waals surface area contributed by atoms with Gasteiger partial charge in [0.1, 0.15) is 7.14 Å². The number of hydrogen-bond donors (Lipinski definition) is 0. The van der Waals surface area contributed by atoms with Gasteiger partial charge in [-0.05, 0) is 24.3 Å². The summed E-state index contributed by atoms with van der Waals surface area (Å²) in [6.45, 7) is 0. The van der Waals surface area contributed by atoms with Crippen molar-refractivity contribution in [2.45, 2.75) is 24.4 Å². The third kappa shape index (κ3) is 3.59. The van der Waals surface area contributed by atoms with Crippen LogP contribution >= 0.6 is 7.14 Å². The Hall–Kier alpha value is -3.48. The first-order chi connectivity index (χ1) is 16.7. The predicted molar refractivity (Wildman–Crippen MR) is 144 cm³/mol. The third-order valence-corrected chi connectivity index (χ3v) is 10.6. The summed E-state index contributed by atoms with van der Waals surface area (Å²) < 4.78 is 14.7. The first-order valence-electron chi connectivity index (χ1n) is 11.9. The molecule has 0 aliphatic heterocycles. The molecule has 5 aromatic rings. The second-order valence-corrected chi connectivity index (χ2v) is 12.1. The van der Waals surface area contributed by atoms with E-state index in [0.29, 0.717) is 0 Å². The first-order valence-corrected chi connectivity index (χ1v) is 13.7. The van der Waals surface area contributed by atoms with E-state index in [4.69, 9.17) is 4.98 Å². The molecule has 0 fully saturated rings. The molecule has 0 spiro atoms. The molecule has 1 aliphatic carbocycles. The highest BCUT2D eigenvalue weighted by Gasteiger charge is 2.37. The molecule has 0 N–H and O–H groups in total. The Morgan fingerprint density at radius 1 is 0.618 bits per heavy atom. The maximum absolute atomic E-state index is 14.7. The summed E-state index contributed by atoms with van der Waals surface area (Å²) in [5.41, 5.74) is 2.15. The molecule has 34 heavy (non-hydrogen) atoms. The van der Waals surface area contributed by atoms with Crippen LogP contribution in [0.5, 0.6) is 0 Å². The van der Waals surface area contributed by atoms with Gasteiger partial charge >= 0.3 is 0 Å². The lowest BCUT2D eigenvalue weighted by Crippen LogP contribution is -2.26. The molecule has 4 aromatic carbocycles. The van der Waals surface area contributed by atoms with Gasteiger partial charge in [0.15, 0.2) is 0 Å². The quantitative estimate of drug-likeness (QED) is 0.162. The van der Waals surface area contributed by atoms with Gasteiger partial charge in [0.25, 0.3) is 0 Å². The number of hydrogen-bond acceptors (Lipinski definition) is 2. The van der Waals surface area contributed by atoms with Gasteiger partial charge in [0.05, 0.1) is 5.52 Å². The molecule has 166 valence electrons. The Kier molecular flexibility index (Phi) is 5.40. The second kappa shape index (κ2) is 8.70. The van der Waals surface area contributed by atoms with Crippen molar-refractivity contribution in [2.24, 2.45) is 0 Å². The Labute approximate surface area is 200 Å². The van der Waals surface area contributed by atoms with Gasteiger partial charge in [0, 0.05) is 38.7 Å². The van der Waals surface area contributed by atoms with E-state index in [9.17, 15) is 4.57 Å². The lowest BCUT2D eigenvalue weighted by Gasteiger charge is -2.30. The van der Waals surface area contributed by atoms with Crippen LogP contribution in [0.15, 0.2) is 121 Å². The standard InChI is InChI=1S/C31H26NOP/c33-34(26-10-3-1-4-11-26,27-12-5-2-6-13-27)28-20-17-24(18-21-28)30-22-19-25-16-15-23-9-7-8-14-29(23)31(25)32-30/h1-17,19-20,22,24,28H,18,21H2. The van der Waals surface area contributed by atoms with Crippen LogP contribution in [-0.4, -0.2) is 10.6 Å². The van der Waals surface area contributed by atoms with Crippen molar-refractivity contribution in [3.8, 4) is 0 Å². The summed E-state index contributed by atoms with van der Waals surface area (Å²) in [4.78, 5) is 5.11. The van der Waals surface area contributed by atoms with Crippen molar-refractivity contribution in [2.75, 3.05) is 0 Å². The van der Waals surface area contributed by atoms with Crippen LogP contribution in [0.3, 0.4) is 0 Å². The highest BCUT2D eigenvalue weighted by molar-refractivity contribution is 7.79. The fraction of sp³-hybridized carbons (Fsp3) is 0.129. The van der Waals surface area contributed by atoms with Crippen LogP contribution in [-0.2, 0) is 4.57 Å². The van der Waals surface area contributed by atoms with E-state index in [2.05, 4.69) is 60.7 Å². The van der Waals surface area contributed by atoms with Crippen LogP contribution < -0.4 is 10.6 Å². The number of pyridine rings is 1. The van der Waals surface area contributed by atoms with E-state index in [0.717, 1.165) is 40.0 Å². The molecular weight excluding hydrogens is 433 g/mol. The van der Waals surface area contributed by atoms with Crippen LogP contribution in [0.4, 0.5) is 0 Å². The fourth-order valence-corrected chi connectivity index (χ4v) is 8.41. The molecule has 6 rings (SSSR count).